The van der Waals surface area contributed by atoms with Crippen LogP contribution in [0.3, 0.4) is 0 Å². The topological polar surface area (TPSA) is 35.5 Å². The molecule has 17 heavy (non-hydrogen) atoms. The van der Waals surface area contributed by atoms with E-state index in [2.05, 4.69) is 0 Å². The zero-order chi connectivity index (χ0) is 12.8. The number of halogens is 1. The van der Waals surface area contributed by atoms with Gasteiger partial charge in [-0.2, -0.15) is 0 Å². The Kier molecular flexibility index (Phi) is 5.29. The van der Waals surface area contributed by atoms with Crippen molar-refractivity contribution in [1.82, 2.24) is 0 Å². The lowest BCUT2D eigenvalue weighted by molar-refractivity contribution is -0.107. The summed E-state index contributed by atoms with van der Waals surface area (Å²) in [7, 11) is 3.16. The van der Waals surface area contributed by atoms with Gasteiger partial charge < -0.3 is 14.3 Å². The molecule has 0 aromatic heterocycles. The molecule has 0 aliphatic carbocycles. The average molecular weight is 257 g/mol. The Morgan fingerprint density at radius 2 is 1.94 bits per heavy atom. The number of carbonyl (C=O) groups is 1. The van der Waals surface area contributed by atoms with Crippen molar-refractivity contribution >= 4 is 17.9 Å². The maximum atomic E-state index is 10.5. The van der Waals surface area contributed by atoms with Crippen LogP contribution in [0.25, 0.3) is 0 Å². The van der Waals surface area contributed by atoms with Gasteiger partial charge in [0.1, 0.15) is 6.29 Å². The first-order valence-electron chi connectivity index (χ1n) is 5.55. The largest absolute Gasteiger partial charge is 0.493 e. The smallest absolute Gasteiger partial charge is 0.179 e. The van der Waals surface area contributed by atoms with Gasteiger partial charge in [0.15, 0.2) is 11.5 Å². The molecule has 0 saturated carbocycles. The molecular formula is C13H17ClO3. The molecular weight excluding hydrogens is 240 g/mol. The van der Waals surface area contributed by atoms with Gasteiger partial charge in [-0.25, -0.2) is 0 Å². The van der Waals surface area contributed by atoms with Gasteiger partial charge in [0.25, 0.3) is 0 Å². The molecule has 1 aromatic rings. The predicted octanol–water partition coefficient (Wildman–Crippen LogP) is 3.05. The Balaban J connectivity index is 3.31. The van der Waals surface area contributed by atoms with Crippen molar-refractivity contribution in [3.05, 3.63) is 22.2 Å². The van der Waals surface area contributed by atoms with Crippen molar-refractivity contribution in [3.8, 4) is 11.5 Å². The number of methoxy groups -OCH3 is 2. The number of aldehydes is 1. The van der Waals surface area contributed by atoms with E-state index in [1.54, 1.807) is 14.2 Å². The van der Waals surface area contributed by atoms with E-state index in [0.717, 1.165) is 23.8 Å². The van der Waals surface area contributed by atoms with Gasteiger partial charge in [-0.15, -0.1) is 0 Å². The van der Waals surface area contributed by atoms with Gasteiger partial charge in [-0.3, -0.25) is 0 Å². The van der Waals surface area contributed by atoms with Gasteiger partial charge in [0, 0.05) is 12.0 Å². The van der Waals surface area contributed by atoms with Gasteiger partial charge in [0.2, 0.25) is 0 Å². The molecule has 3 nitrogen and oxygen atoms in total. The second kappa shape index (κ2) is 6.50. The molecule has 4 heteroatoms. The summed E-state index contributed by atoms with van der Waals surface area (Å²) in [5, 5.41) is 0.516. The normalized spacial score (nSPS) is 10.1. The van der Waals surface area contributed by atoms with E-state index in [1.807, 2.05) is 13.0 Å². The molecule has 0 atom stereocenters. The third kappa shape index (κ3) is 2.91. The van der Waals surface area contributed by atoms with Crippen LogP contribution >= 0.6 is 11.6 Å². The fraction of sp³-hybridized carbons (Fsp3) is 0.462. The maximum absolute atomic E-state index is 10.5. The summed E-state index contributed by atoms with van der Waals surface area (Å²) in [5.41, 5.74) is 2.10. The highest BCUT2D eigenvalue weighted by atomic mass is 35.5. The molecule has 1 aromatic carbocycles. The highest BCUT2D eigenvalue weighted by Gasteiger charge is 2.17. The van der Waals surface area contributed by atoms with Crippen LogP contribution in [0.4, 0.5) is 0 Å². The maximum Gasteiger partial charge on any atom is 0.179 e. The fourth-order valence-electron chi connectivity index (χ4n) is 1.93. The zero-order valence-corrected chi connectivity index (χ0v) is 11.1. The molecule has 0 fully saturated rings. The SMILES string of the molecule is CCc1c(CCC=O)cc(Cl)c(OC)c1OC. The summed E-state index contributed by atoms with van der Waals surface area (Å²) in [6.45, 7) is 2.04. The molecule has 0 spiro atoms. The number of rotatable bonds is 6. The fourth-order valence-corrected chi connectivity index (χ4v) is 2.22. The summed E-state index contributed by atoms with van der Waals surface area (Å²) in [4.78, 5) is 10.5. The molecule has 0 radical (unpaired) electrons. The monoisotopic (exact) mass is 256 g/mol. The van der Waals surface area contributed by atoms with Gasteiger partial charge in [-0.05, 0) is 24.5 Å². The lowest BCUT2D eigenvalue weighted by Gasteiger charge is -2.17. The summed E-state index contributed by atoms with van der Waals surface area (Å²) in [6, 6.07) is 1.85. The van der Waals surface area contributed by atoms with Crippen molar-refractivity contribution in [2.75, 3.05) is 14.2 Å². The van der Waals surface area contributed by atoms with E-state index in [4.69, 9.17) is 21.1 Å². The quantitative estimate of drug-likeness (QED) is 0.734. The first-order valence-corrected chi connectivity index (χ1v) is 5.93. The number of ether oxygens (including phenoxy) is 2. The molecule has 0 unspecified atom stereocenters. The molecule has 0 bridgehead atoms. The minimum atomic E-state index is 0.485. The van der Waals surface area contributed by atoms with Crippen LogP contribution in [0, 0.1) is 0 Å². The Bertz CT molecular complexity index is 402. The number of carbonyl (C=O) groups excluding carboxylic acids is 1. The number of benzene rings is 1. The number of hydrogen-bond donors (Lipinski definition) is 0. The number of aryl methyl sites for hydroxylation is 1. The molecule has 0 aliphatic rings. The van der Waals surface area contributed by atoms with Crippen molar-refractivity contribution in [1.29, 1.82) is 0 Å². The summed E-state index contributed by atoms with van der Waals surface area (Å²) < 4.78 is 10.6. The minimum Gasteiger partial charge on any atom is -0.493 e. The Morgan fingerprint density at radius 3 is 2.41 bits per heavy atom. The van der Waals surface area contributed by atoms with Crippen LogP contribution in [0.2, 0.25) is 5.02 Å². The van der Waals surface area contributed by atoms with Gasteiger partial charge in [-0.1, -0.05) is 18.5 Å². The second-order valence-corrected chi connectivity index (χ2v) is 4.03. The summed E-state index contributed by atoms with van der Waals surface area (Å²) in [6.07, 6.45) is 2.88. The first kappa shape index (κ1) is 13.8. The lowest BCUT2D eigenvalue weighted by Crippen LogP contribution is -2.01. The van der Waals surface area contributed by atoms with Crippen molar-refractivity contribution in [2.24, 2.45) is 0 Å². The van der Waals surface area contributed by atoms with E-state index < -0.39 is 0 Å². The molecule has 0 heterocycles. The molecule has 94 valence electrons. The van der Waals surface area contributed by atoms with Crippen LogP contribution in [-0.4, -0.2) is 20.5 Å². The molecule has 0 amide bonds. The standard InChI is InChI=1S/C13H17ClO3/c1-4-10-9(6-5-7-15)8-11(14)13(17-3)12(10)16-2/h7-8H,4-6H2,1-3H3. The van der Waals surface area contributed by atoms with E-state index >= 15 is 0 Å². The van der Waals surface area contributed by atoms with Crippen molar-refractivity contribution in [2.45, 2.75) is 26.2 Å². The van der Waals surface area contributed by atoms with E-state index in [0.29, 0.717) is 29.4 Å². The molecule has 0 N–H and O–H groups in total. The van der Waals surface area contributed by atoms with Crippen molar-refractivity contribution < 1.29 is 14.3 Å². The van der Waals surface area contributed by atoms with Crippen LogP contribution in [0.1, 0.15) is 24.5 Å². The van der Waals surface area contributed by atoms with Crippen LogP contribution in [0.5, 0.6) is 11.5 Å². The molecule has 1 rings (SSSR count). The van der Waals surface area contributed by atoms with E-state index in [9.17, 15) is 4.79 Å². The molecule has 0 saturated heterocycles. The first-order chi connectivity index (χ1) is 8.19. The Hall–Kier alpha value is -1.22. The predicted molar refractivity (Wildman–Crippen MR) is 68.3 cm³/mol. The Labute approximate surface area is 107 Å². The third-order valence-electron chi connectivity index (χ3n) is 2.68. The molecule has 0 aliphatic heterocycles. The van der Waals surface area contributed by atoms with Gasteiger partial charge >= 0.3 is 0 Å². The second-order valence-electron chi connectivity index (χ2n) is 3.62. The van der Waals surface area contributed by atoms with E-state index in [1.165, 1.54) is 0 Å². The van der Waals surface area contributed by atoms with Crippen LogP contribution < -0.4 is 9.47 Å². The zero-order valence-electron chi connectivity index (χ0n) is 10.4. The minimum absolute atomic E-state index is 0.485. The van der Waals surface area contributed by atoms with Gasteiger partial charge in [0.05, 0.1) is 19.2 Å². The summed E-state index contributed by atoms with van der Waals surface area (Å²) >= 11 is 6.13. The van der Waals surface area contributed by atoms with Crippen molar-refractivity contribution in [3.63, 3.8) is 0 Å². The number of hydrogen-bond acceptors (Lipinski definition) is 3. The summed E-state index contributed by atoms with van der Waals surface area (Å²) in [5.74, 6) is 1.23. The highest BCUT2D eigenvalue weighted by Crippen LogP contribution is 2.40. The Morgan fingerprint density at radius 1 is 1.29 bits per heavy atom. The third-order valence-corrected chi connectivity index (χ3v) is 2.96. The highest BCUT2D eigenvalue weighted by molar-refractivity contribution is 6.32. The van der Waals surface area contributed by atoms with Crippen LogP contribution in [0.15, 0.2) is 6.07 Å². The average Bonchev–Trinajstić information content (AvgIpc) is 2.35. The van der Waals surface area contributed by atoms with E-state index in [-0.39, 0.29) is 0 Å². The lowest BCUT2D eigenvalue weighted by atomic mass is 9.99. The van der Waals surface area contributed by atoms with Crippen LogP contribution in [-0.2, 0) is 17.6 Å².